The monoisotopic (exact) mass is 590 g/mol. The zero-order valence-corrected chi connectivity index (χ0v) is 26.6. The van der Waals surface area contributed by atoms with E-state index in [1.807, 2.05) is 36.4 Å². The quantitative estimate of drug-likeness (QED) is 0.428. The fourth-order valence-corrected chi connectivity index (χ4v) is 8.46. The standard InChI is InChI=1S/C35H50N4O4/c1-21(2)25-12-14-26(15-13-25)36-32(40)29-28-16-17-35(43-28)30(29)34(42)39(20-19-38-18-7-6-10-23(38)4)31(35)33(41)37-27-11-8-9-22(3)24(27)5/h12-17,21-24,27-31H,6-11,18-20H2,1-5H3,(H,36,40)(H,37,41)/t22-,23+,24-,27-,28-,29+,30-,31-,35-/m1/s1. The third-order valence-corrected chi connectivity index (χ3v) is 11.4. The van der Waals surface area contributed by atoms with E-state index in [2.05, 4.69) is 50.2 Å². The fraction of sp³-hybridized carbons (Fsp3) is 0.686. The van der Waals surface area contributed by atoms with Crippen LogP contribution in [0.4, 0.5) is 5.69 Å². The molecule has 4 heterocycles. The van der Waals surface area contributed by atoms with Gasteiger partial charge in [-0.1, -0.05) is 71.2 Å². The molecule has 1 spiro atoms. The third kappa shape index (κ3) is 5.43. The molecule has 4 fully saturated rings. The molecule has 234 valence electrons. The maximum Gasteiger partial charge on any atom is 0.246 e. The molecule has 3 saturated heterocycles. The van der Waals surface area contributed by atoms with Crippen molar-refractivity contribution in [2.75, 3.05) is 25.0 Å². The van der Waals surface area contributed by atoms with Gasteiger partial charge in [0.05, 0.1) is 17.9 Å². The highest BCUT2D eigenvalue weighted by molar-refractivity contribution is 6.02. The number of anilines is 1. The van der Waals surface area contributed by atoms with Crippen molar-refractivity contribution in [2.45, 2.75) is 109 Å². The smallest absolute Gasteiger partial charge is 0.246 e. The number of ether oxygens (including phenoxy) is 1. The lowest BCUT2D eigenvalue weighted by Gasteiger charge is -2.39. The van der Waals surface area contributed by atoms with Crippen molar-refractivity contribution in [1.82, 2.24) is 15.1 Å². The summed E-state index contributed by atoms with van der Waals surface area (Å²) in [6, 6.07) is 7.61. The van der Waals surface area contributed by atoms with E-state index in [0.717, 1.165) is 32.2 Å². The minimum atomic E-state index is -1.13. The largest absolute Gasteiger partial charge is 0.359 e. The van der Waals surface area contributed by atoms with E-state index in [1.165, 1.54) is 18.4 Å². The van der Waals surface area contributed by atoms with Crippen molar-refractivity contribution in [1.29, 1.82) is 0 Å². The van der Waals surface area contributed by atoms with Gasteiger partial charge in [0.1, 0.15) is 11.6 Å². The average molecular weight is 591 g/mol. The van der Waals surface area contributed by atoms with Gasteiger partial charge in [-0.3, -0.25) is 19.3 Å². The Hall–Kier alpha value is -2.71. The summed E-state index contributed by atoms with van der Waals surface area (Å²) in [5.41, 5.74) is 0.765. The third-order valence-electron chi connectivity index (χ3n) is 11.4. The number of nitrogens with zero attached hydrogens (tertiary/aromatic N) is 2. The number of fused-ring (bicyclic) bond motifs is 1. The van der Waals surface area contributed by atoms with E-state index in [9.17, 15) is 14.4 Å². The first-order valence-corrected chi connectivity index (χ1v) is 16.7. The summed E-state index contributed by atoms with van der Waals surface area (Å²) in [5, 5.41) is 6.42. The molecule has 4 aliphatic heterocycles. The van der Waals surface area contributed by atoms with E-state index in [-0.39, 0.29) is 23.8 Å². The Morgan fingerprint density at radius 3 is 2.49 bits per heavy atom. The molecule has 1 saturated carbocycles. The van der Waals surface area contributed by atoms with Crippen LogP contribution in [0.1, 0.15) is 84.6 Å². The summed E-state index contributed by atoms with van der Waals surface area (Å²) >= 11 is 0. The van der Waals surface area contributed by atoms with Crippen molar-refractivity contribution in [3.05, 3.63) is 42.0 Å². The highest BCUT2D eigenvalue weighted by Gasteiger charge is 2.72. The lowest BCUT2D eigenvalue weighted by Crippen LogP contribution is -2.58. The number of rotatable bonds is 8. The second-order valence-corrected chi connectivity index (χ2v) is 14.3. The van der Waals surface area contributed by atoms with Crippen LogP contribution in [0.15, 0.2) is 36.4 Å². The number of carbonyl (C=O) groups is 3. The number of likely N-dealkylation sites (tertiary alicyclic amines) is 2. The van der Waals surface area contributed by atoms with Crippen LogP contribution in [0.5, 0.6) is 0 Å². The Balaban J connectivity index is 1.26. The lowest BCUT2D eigenvalue weighted by atomic mass is 9.73. The van der Waals surface area contributed by atoms with Crippen molar-refractivity contribution in [2.24, 2.45) is 23.7 Å². The average Bonchev–Trinajstić information content (AvgIpc) is 3.62. The van der Waals surface area contributed by atoms with Gasteiger partial charge in [-0.25, -0.2) is 0 Å². The molecule has 0 aromatic heterocycles. The minimum absolute atomic E-state index is 0.0706. The molecule has 8 nitrogen and oxygen atoms in total. The van der Waals surface area contributed by atoms with Crippen molar-refractivity contribution in [3.63, 3.8) is 0 Å². The second-order valence-electron chi connectivity index (χ2n) is 14.3. The van der Waals surface area contributed by atoms with Crippen LogP contribution in [-0.2, 0) is 19.1 Å². The van der Waals surface area contributed by atoms with Crippen LogP contribution >= 0.6 is 0 Å². The molecule has 6 rings (SSSR count). The van der Waals surface area contributed by atoms with Gasteiger partial charge >= 0.3 is 0 Å². The normalized spacial score (nSPS) is 37.2. The SMILES string of the molecule is CC(C)c1ccc(NC(=O)[C@H]2[C@H]3C=C[C@@]4(O3)[C@H]2C(=O)N(CCN2CCCC[C@@H]2C)[C@@H]4C(=O)N[C@@H]2CCC[C@@H](C)[C@H]2C)cc1. The summed E-state index contributed by atoms with van der Waals surface area (Å²) < 4.78 is 6.58. The zero-order chi connectivity index (χ0) is 30.5. The molecular formula is C35H50N4O4. The van der Waals surface area contributed by atoms with Crippen molar-refractivity contribution < 1.29 is 19.1 Å². The Kier molecular flexibility index (Phi) is 8.46. The van der Waals surface area contributed by atoms with E-state index in [4.69, 9.17) is 4.74 Å². The molecule has 9 atom stereocenters. The molecule has 2 bridgehead atoms. The van der Waals surface area contributed by atoms with E-state index in [0.29, 0.717) is 42.6 Å². The van der Waals surface area contributed by atoms with Gasteiger partial charge in [-0.05, 0) is 68.2 Å². The second kappa shape index (κ2) is 12.0. The first-order chi connectivity index (χ1) is 20.6. The summed E-state index contributed by atoms with van der Waals surface area (Å²) in [5.74, 6) is -0.643. The van der Waals surface area contributed by atoms with Gasteiger partial charge in [0, 0.05) is 30.9 Å². The fourth-order valence-electron chi connectivity index (χ4n) is 8.46. The van der Waals surface area contributed by atoms with Gasteiger partial charge < -0.3 is 20.3 Å². The van der Waals surface area contributed by atoms with Crippen LogP contribution in [0.3, 0.4) is 0 Å². The van der Waals surface area contributed by atoms with E-state index < -0.39 is 29.6 Å². The van der Waals surface area contributed by atoms with Gasteiger partial charge in [0.2, 0.25) is 17.7 Å². The summed E-state index contributed by atoms with van der Waals surface area (Å²) in [4.78, 5) is 46.7. The van der Waals surface area contributed by atoms with Gasteiger partial charge in [-0.15, -0.1) is 0 Å². The van der Waals surface area contributed by atoms with Crippen molar-refractivity contribution >= 4 is 23.4 Å². The summed E-state index contributed by atoms with van der Waals surface area (Å²) in [6.07, 6.45) is 10.0. The molecule has 1 aromatic rings. The number of nitrogens with one attached hydrogen (secondary N) is 2. The molecule has 8 heteroatoms. The van der Waals surface area contributed by atoms with E-state index >= 15 is 0 Å². The van der Waals surface area contributed by atoms with Gasteiger partial charge in [0.25, 0.3) is 0 Å². The molecule has 5 aliphatic rings. The van der Waals surface area contributed by atoms with Crippen LogP contribution in [0.2, 0.25) is 0 Å². The lowest BCUT2D eigenvalue weighted by molar-refractivity contribution is -0.142. The number of benzene rings is 1. The number of hydrogen-bond donors (Lipinski definition) is 2. The number of piperidine rings is 1. The molecule has 2 N–H and O–H groups in total. The molecule has 0 radical (unpaired) electrons. The van der Waals surface area contributed by atoms with E-state index in [1.54, 1.807) is 4.90 Å². The maximum atomic E-state index is 14.4. The minimum Gasteiger partial charge on any atom is -0.359 e. The predicted octanol–water partition coefficient (Wildman–Crippen LogP) is 4.71. The van der Waals surface area contributed by atoms with Crippen molar-refractivity contribution in [3.8, 4) is 0 Å². The molecule has 0 unspecified atom stereocenters. The molecule has 43 heavy (non-hydrogen) atoms. The van der Waals surface area contributed by atoms with Crippen LogP contribution in [0, 0.1) is 23.7 Å². The number of carbonyl (C=O) groups excluding carboxylic acids is 3. The number of hydrogen-bond acceptors (Lipinski definition) is 5. The van der Waals surface area contributed by atoms with Crippen LogP contribution < -0.4 is 10.6 Å². The topological polar surface area (TPSA) is 91.0 Å². The Morgan fingerprint density at radius 1 is 1.00 bits per heavy atom. The Morgan fingerprint density at radius 2 is 1.77 bits per heavy atom. The predicted molar refractivity (Wildman–Crippen MR) is 167 cm³/mol. The van der Waals surface area contributed by atoms with Gasteiger partial charge in [-0.2, -0.15) is 0 Å². The highest BCUT2D eigenvalue weighted by Crippen LogP contribution is 2.55. The molecular weight excluding hydrogens is 540 g/mol. The first kappa shape index (κ1) is 30.3. The van der Waals surface area contributed by atoms with Gasteiger partial charge in [0.15, 0.2) is 0 Å². The first-order valence-electron chi connectivity index (χ1n) is 16.7. The summed E-state index contributed by atoms with van der Waals surface area (Å²) in [7, 11) is 0. The molecule has 1 aromatic carbocycles. The zero-order valence-electron chi connectivity index (χ0n) is 26.6. The number of amides is 3. The molecule has 1 aliphatic carbocycles. The Bertz CT molecular complexity index is 1250. The van der Waals surface area contributed by atoms with Crippen LogP contribution in [-0.4, -0.2) is 77.0 Å². The van der Waals surface area contributed by atoms with Crippen LogP contribution in [0.25, 0.3) is 0 Å². The highest BCUT2D eigenvalue weighted by atomic mass is 16.5. The maximum absolute atomic E-state index is 14.4. The molecule has 3 amide bonds. The summed E-state index contributed by atoms with van der Waals surface area (Å²) in [6.45, 7) is 13.2. The Labute approximate surface area is 257 Å².